The third kappa shape index (κ3) is 4.41. The number of benzene rings is 3. The highest BCUT2D eigenvalue weighted by molar-refractivity contribution is 6.30. The summed E-state index contributed by atoms with van der Waals surface area (Å²) in [5, 5.41) is 0.687. The number of primary amides is 1. The van der Waals surface area contributed by atoms with E-state index in [9.17, 15) is 4.79 Å². The van der Waals surface area contributed by atoms with Crippen molar-refractivity contribution in [3.05, 3.63) is 106 Å². The second kappa shape index (κ2) is 9.33. The van der Waals surface area contributed by atoms with Gasteiger partial charge in [0.2, 0.25) is 0 Å². The van der Waals surface area contributed by atoms with Crippen molar-refractivity contribution in [2.75, 3.05) is 0 Å². The van der Waals surface area contributed by atoms with Crippen molar-refractivity contribution in [2.45, 2.75) is 26.8 Å². The number of aromatic nitrogens is 1. The smallest absolute Gasteiger partial charge is 0.251 e. The number of nitrogens with zero attached hydrogens (tertiary/aromatic N) is 1. The van der Waals surface area contributed by atoms with Gasteiger partial charge in [0.05, 0.1) is 5.56 Å². The number of amides is 1. The van der Waals surface area contributed by atoms with Gasteiger partial charge in [-0.3, -0.25) is 4.79 Å². The summed E-state index contributed by atoms with van der Waals surface area (Å²) in [5.41, 5.74) is 11.1. The van der Waals surface area contributed by atoms with E-state index >= 15 is 0 Å². The molecule has 5 heteroatoms. The van der Waals surface area contributed by atoms with E-state index in [0.29, 0.717) is 22.9 Å². The number of hydrogen-bond acceptors (Lipinski definition) is 2. The third-order valence-electron chi connectivity index (χ3n) is 5.54. The SMILES string of the molecule is CCc1c(-c2cccc(Oc3ccccc3)c2)c(C(N)=O)c(C)n1Cc1cccc(Cl)c1. The van der Waals surface area contributed by atoms with Gasteiger partial charge in [0.15, 0.2) is 0 Å². The van der Waals surface area contributed by atoms with Crippen LogP contribution in [0.5, 0.6) is 11.5 Å². The Balaban J connectivity index is 1.81. The lowest BCUT2D eigenvalue weighted by atomic mass is 9.98. The van der Waals surface area contributed by atoms with Crippen LogP contribution in [0.3, 0.4) is 0 Å². The molecular weight excluding hydrogens is 420 g/mol. The number of rotatable bonds is 7. The summed E-state index contributed by atoms with van der Waals surface area (Å²) in [6.07, 6.45) is 0.744. The first-order chi connectivity index (χ1) is 15.5. The summed E-state index contributed by atoms with van der Waals surface area (Å²) >= 11 is 6.19. The summed E-state index contributed by atoms with van der Waals surface area (Å²) in [6, 6.07) is 25.2. The Labute approximate surface area is 193 Å². The van der Waals surface area contributed by atoms with Crippen LogP contribution < -0.4 is 10.5 Å². The molecular formula is C27H25ClN2O2. The Hall–Kier alpha value is -3.50. The fourth-order valence-electron chi connectivity index (χ4n) is 4.15. The quantitative estimate of drug-likeness (QED) is 0.348. The molecule has 0 saturated carbocycles. The average Bonchev–Trinajstić information content (AvgIpc) is 3.06. The molecule has 162 valence electrons. The standard InChI is InChI=1S/C27H25ClN2O2/c1-3-24-26(20-10-8-14-23(16-20)32-22-12-5-4-6-13-22)25(27(29)31)18(2)30(24)17-19-9-7-11-21(28)15-19/h4-16H,3,17H2,1-2H3,(H2,29,31). The first kappa shape index (κ1) is 21.7. The zero-order valence-corrected chi connectivity index (χ0v) is 18.9. The molecule has 4 aromatic rings. The molecule has 1 heterocycles. The molecule has 4 rings (SSSR count). The maximum Gasteiger partial charge on any atom is 0.251 e. The molecule has 1 aromatic heterocycles. The molecule has 0 fully saturated rings. The number of hydrogen-bond donors (Lipinski definition) is 1. The monoisotopic (exact) mass is 444 g/mol. The summed E-state index contributed by atoms with van der Waals surface area (Å²) in [5.74, 6) is 1.02. The van der Waals surface area contributed by atoms with Crippen molar-refractivity contribution in [1.29, 1.82) is 0 Å². The van der Waals surface area contributed by atoms with Crippen LogP contribution in [-0.4, -0.2) is 10.5 Å². The summed E-state index contributed by atoms with van der Waals surface area (Å²) in [7, 11) is 0. The van der Waals surface area contributed by atoms with Gasteiger partial charge in [-0.1, -0.05) is 61.0 Å². The Morgan fingerprint density at radius 2 is 1.69 bits per heavy atom. The van der Waals surface area contributed by atoms with Gasteiger partial charge in [0, 0.05) is 28.5 Å². The van der Waals surface area contributed by atoms with Crippen molar-refractivity contribution in [3.63, 3.8) is 0 Å². The molecule has 0 bridgehead atoms. The zero-order chi connectivity index (χ0) is 22.7. The highest BCUT2D eigenvalue weighted by Crippen LogP contribution is 2.36. The molecule has 4 nitrogen and oxygen atoms in total. The number of para-hydroxylation sites is 1. The number of nitrogens with two attached hydrogens (primary N) is 1. The van der Waals surface area contributed by atoms with Gasteiger partial charge in [0.25, 0.3) is 5.91 Å². The van der Waals surface area contributed by atoms with Crippen LogP contribution in [-0.2, 0) is 13.0 Å². The highest BCUT2D eigenvalue weighted by atomic mass is 35.5. The minimum atomic E-state index is -0.438. The third-order valence-corrected chi connectivity index (χ3v) is 5.78. The van der Waals surface area contributed by atoms with E-state index in [-0.39, 0.29) is 0 Å². The van der Waals surface area contributed by atoms with Crippen LogP contribution in [0, 0.1) is 6.92 Å². The molecule has 0 aliphatic heterocycles. The van der Waals surface area contributed by atoms with Gasteiger partial charge in [-0.2, -0.15) is 0 Å². The Morgan fingerprint density at radius 1 is 0.969 bits per heavy atom. The normalized spacial score (nSPS) is 10.8. The first-order valence-electron chi connectivity index (χ1n) is 10.6. The molecule has 0 saturated heterocycles. The number of carbonyl (C=O) groups excluding carboxylic acids is 1. The van der Waals surface area contributed by atoms with E-state index in [2.05, 4.69) is 11.5 Å². The number of carbonyl (C=O) groups is 1. The fourth-order valence-corrected chi connectivity index (χ4v) is 4.36. The van der Waals surface area contributed by atoms with Crippen LogP contribution in [0.1, 0.15) is 34.2 Å². The van der Waals surface area contributed by atoms with Crippen molar-refractivity contribution < 1.29 is 9.53 Å². The molecule has 0 unspecified atom stereocenters. The van der Waals surface area contributed by atoms with Gasteiger partial charge >= 0.3 is 0 Å². The lowest BCUT2D eigenvalue weighted by molar-refractivity contribution is 0.1000. The Morgan fingerprint density at radius 3 is 2.38 bits per heavy atom. The van der Waals surface area contributed by atoms with Crippen molar-refractivity contribution in [1.82, 2.24) is 4.57 Å². The van der Waals surface area contributed by atoms with Crippen LogP contribution in [0.25, 0.3) is 11.1 Å². The van der Waals surface area contributed by atoms with Crippen LogP contribution >= 0.6 is 11.6 Å². The number of ether oxygens (including phenoxy) is 1. The largest absolute Gasteiger partial charge is 0.457 e. The van der Waals surface area contributed by atoms with Gasteiger partial charge < -0.3 is 15.0 Å². The van der Waals surface area contributed by atoms with Crippen LogP contribution in [0.15, 0.2) is 78.9 Å². The molecule has 0 spiro atoms. The Kier molecular flexibility index (Phi) is 6.33. The molecule has 2 N–H and O–H groups in total. The van der Waals surface area contributed by atoms with Crippen molar-refractivity contribution in [2.24, 2.45) is 5.73 Å². The molecule has 3 aromatic carbocycles. The summed E-state index contributed by atoms with van der Waals surface area (Å²) < 4.78 is 8.18. The number of halogens is 1. The summed E-state index contributed by atoms with van der Waals surface area (Å²) in [6.45, 7) is 4.63. The second-order valence-electron chi connectivity index (χ2n) is 7.66. The fraction of sp³-hybridized carbons (Fsp3) is 0.148. The second-order valence-corrected chi connectivity index (χ2v) is 8.10. The van der Waals surface area contributed by atoms with Gasteiger partial charge in [-0.15, -0.1) is 0 Å². The summed E-state index contributed by atoms with van der Waals surface area (Å²) in [4.78, 5) is 12.5. The molecule has 0 aliphatic rings. The van der Waals surface area contributed by atoms with E-state index in [4.69, 9.17) is 22.1 Å². The maximum atomic E-state index is 12.5. The van der Waals surface area contributed by atoms with Gasteiger partial charge in [0.1, 0.15) is 11.5 Å². The lowest BCUT2D eigenvalue weighted by Crippen LogP contribution is -2.13. The zero-order valence-electron chi connectivity index (χ0n) is 18.1. The predicted octanol–water partition coefficient (Wildman–Crippen LogP) is 6.62. The molecule has 32 heavy (non-hydrogen) atoms. The molecule has 0 atom stereocenters. The highest BCUT2D eigenvalue weighted by Gasteiger charge is 2.24. The molecule has 0 radical (unpaired) electrons. The van der Waals surface area contributed by atoms with Crippen molar-refractivity contribution >= 4 is 17.5 Å². The topological polar surface area (TPSA) is 57.2 Å². The average molecular weight is 445 g/mol. The van der Waals surface area contributed by atoms with Gasteiger partial charge in [-0.25, -0.2) is 0 Å². The van der Waals surface area contributed by atoms with E-state index < -0.39 is 5.91 Å². The Bertz CT molecular complexity index is 1260. The van der Waals surface area contributed by atoms with E-state index in [1.807, 2.05) is 85.8 Å². The lowest BCUT2D eigenvalue weighted by Gasteiger charge is -2.13. The first-order valence-corrected chi connectivity index (χ1v) is 10.9. The van der Waals surface area contributed by atoms with E-state index in [1.54, 1.807) is 0 Å². The minimum Gasteiger partial charge on any atom is -0.457 e. The predicted molar refractivity (Wildman–Crippen MR) is 130 cm³/mol. The van der Waals surface area contributed by atoms with Gasteiger partial charge in [-0.05, 0) is 60.9 Å². The van der Waals surface area contributed by atoms with Crippen LogP contribution in [0.4, 0.5) is 0 Å². The molecule has 1 amide bonds. The molecule has 0 aliphatic carbocycles. The van der Waals surface area contributed by atoms with Crippen LogP contribution in [0.2, 0.25) is 5.02 Å². The van der Waals surface area contributed by atoms with Crippen molar-refractivity contribution in [3.8, 4) is 22.6 Å². The van der Waals surface area contributed by atoms with E-state index in [0.717, 1.165) is 40.2 Å². The minimum absolute atomic E-state index is 0.438. The maximum absolute atomic E-state index is 12.5. The van der Waals surface area contributed by atoms with E-state index in [1.165, 1.54) is 0 Å².